The van der Waals surface area contributed by atoms with E-state index in [-0.39, 0.29) is 12.6 Å². The summed E-state index contributed by atoms with van der Waals surface area (Å²) in [5.41, 5.74) is 2.04. The lowest BCUT2D eigenvalue weighted by molar-refractivity contribution is 0.174. The highest BCUT2D eigenvalue weighted by atomic mass is 19.1. The van der Waals surface area contributed by atoms with Gasteiger partial charge < -0.3 is 20.1 Å². The Labute approximate surface area is 156 Å². The van der Waals surface area contributed by atoms with E-state index in [4.69, 9.17) is 9.47 Å². The molecular formula is C20H19FN4O2. The molecule has 0 saturated heterocycles. The van der Waals surface area contributed by atoms with Crippen LogP contribution in [0.2, 0.25) is 0 Å². The number of anilines is 2. The summed E-state index contributed by atoms with van der Waals surface area (Å²) in [6.45, 7) is 3.26. The van der Waals surface area contributed by atoms with Gasteiger partial charge in [-0.3, -0.25) is 0 Å². The van der Waals surface area contributed by atoms with E-state index >= 15 is 0 Å². The highest BCUT2D eigenvalue weighted by Gasteiger charge is 2.13. The van der Waals surface area contributed by atoms with Crippen molar-refractivity contribution >= 4 is 11.6 Å². The Kier molecular flexibility index (Phi) is 4.74. The number of nitrogens with zero attached hydrogens (tertiary/aromatic N) is 2. The monoisotopic (exact) mass is 366 g/mol. The van der Waals surface area contributed by atoms with Gasteiger partial charge in [-0.05, 0) is 42.3 Å². The van der Waals surface area contributed by atoms with E-state index in [1.54, 1.807) is 12.1 Å². The van der Waals surface area contributed by atoms with Crippen LogP contribution in [0.3, 0.4) is 0 Å². The van der Waals surface area contributed by atoms with E-state index in [0.717, 1.165) is 28.4 Å². The van der Waals surface area contributed by atoms with Crippen LogP contribution in [-0.4, -0.2) is 16.8 Å². The van der Waals surface area contributed by atoms with Crippen LogP contribution in [-0.2, 0) is 13.1 Å². The molecule has 1 aliphatic rings. The van der Waals surface area contributed by atoms with Crippen LogP contribution in [0, 0.1) is 12.7 Å². The van der Waals surface area contributed by atoms with Gasteiger partial charge in [0.2, 0.25) is 6.79 Å². The first kappa shape index (κ1) is 17.1. The molecule has 0 amide bonds. The number of hydrogen-bond donors (Lipinski definition) is 2. The van der Waals surface area contributed by atoms with Crippen molar-refractivity contribution in [2.24, 2.45) is 0 Å². The van der Waals surface area contributed by atoms with Crippen LogP contribution >= 0.6 is 0 Å². The number of ether oxygens (including phenoxy) is 2. The average Bonchev–Trinajstić information content (AvgIpc) is 3.13. The molecule has 1 aliphatic heterocycles. The van der Waals surface area contributed by atoms with Gasteiger partial charge in [0, 0.05) is 19.2 Å². The summed E-state index contributed by atoms with van der Waals surface area (Å²) in [6, 6.07) is 14.1. The van der Waals surface area contributed by atoms with E-state index in [2.05, 4.69) is 20.6 Å². The maximum absolute atomic E-state index is 13.0. The molecule has 2 aromatic carbocycles. The maximum Gasteiger partial charge on any atom is 0.231 e. The van der Waals surface area contributed by atoms with Gasteiger partial charge in [-0.2, -0.15) is 0 Å². The van der Waals surface area contributed by atoms with Crippen molar-refractivity contribution in [2.45, 2.75) is 20.0 Å². The van der Waals surface area contributed by atoms with Crippen molar-refractivity contribution in [1.82, 2.24) is 9.97 Å². The number of aromatic nitrogens is 2. The zero-order valence-corrected chi connectivity index (χ0v) is 14.8. The third kappa shape index (κ3) is 4.25. The molecular weight excluding hydrogens is 347 g/mol. The highest BCUT2D eigenvalue weighted by molar-refractivity contribution is 5.49. The van der Waals surface area contributed by atoms with Gasteiger partial charge in [0.25, 0.3) is 0 Å². The number of aryl methyl sites for hydroxylation is 1. The molecule has 0 aliphatic carbocycles. The molecule has 2 N–H and O–H groups in total. The third-order valence-electron chi connectivity index (χ3n) is 4.14. The minimum atomic E-state index is -0.244. The summed E-state index contributed by atoms with van der Waals surface area (Å²) >= 11 is 0. The summed E-state index contributed by atoms with van der Waals surface area (Å²) in [5.74, 6) is 3.37. The third-order valence-corrected chi connectivity index (χ3v) is 4.14. The van der Waals surface area contributed by atoms with E-state index in [9.17, 15) is 4.39 Å². The van der Waals surface area contributed by atoms with Crippen molar-refractivity contribution in [3.8, 4) is 11.5 Å². The summed E-state index contributed by atoms with van der Waals surface area (Å²) in [5, 5.41) is 6.55. The predicted octanol–water partition coefficient (Wildman–Crippen LogP) is 3.88. The highest BCUT2D eigenvalue weighted by Crippen LogP contribution is 2.32. The lowest BCUT2D eigenvalue weighted by Gasteiger charge is -2.11. The average molecular weight is 366 g/mol. The van der Waals surface area contributed by atoms with Gasteiger partial charge in [-0.15, -0.1) is 0 Å². The van der Waals surface area contributed by atoms with E-state index < -0.39 is 0 Å². The molecule has 2 heterocycles. The summed E-state index contributed by atoms with van der Waals surface area (Å²) in [6.07, 6.45) is 0. The molecule has 0 fully saturated rings. The number of hydrogen-bond acceptors (Lipinski definition) is 6. The van der Waals surface area contributed by atoms with Crippen molar-refractivity contribution in [2.75, 3.05) is 17.4 Å². The Morgan fingerprint density at radius 1 is 0.852 bits per heavy atom. The fourth-order valence-electron chi connectivity index (χ4n) is 2.79. The van der Waals surface area contributed by atoms with Crippen LogP contribution < -0.4 is 20.1 Å². The quantitative estimate of drug-likeness (QED) is 0.690. The Bertz CT molecular complexity index is 947. The van der Waals surface area contributed by atoms with Crippen LogP contribution in [0.25, 0.3) is 0 Å². The SMILES string of the molecule is Cc1nc(NCc2ccc(F)cc2)cc(NCc2ccc3c(c2)OCO3)n1. The fraction of sp³-hybridized carbons (Fsp3) is 0.200. The van der Waals surface area contributed by atoms with Crippen LogP contribution in [0.1, 0.15) is 17.0 Å². The standard InChI is InChI=1S/C20H19FN4O2/c1-13-24-19(22-10-14-2-5-16(21)6-3-14)9-20(25-13)23-11-15-4-7-17-18(8-15)27-12-26-17/h2-9H,10-12H2,1H3,(H2,22,23,24,25). The largest absolute Gasteiger partial charge is 0.454 e. The first-order valence-corrected chi connectivity index (χ1v) is 8.62. The topological polar surface area (TPSA) is 68.3 Å². The van der Waals surface area contributed by atoms with Gasteiger partial charge in [0.1, 0.15) is 23.3 Å². The molecule has 1 aromatic heterocycles. The van der Waals surface area contributed by atoms with Gasteiger partial charge in [0.15, 0.2) is 11.5 Å². The molecule has 0 unspecified atom stereocenters. The zero-order chi connectivity index (χ0) is 18.6. The van der Waals surface area contributed by atoms with E-state index in [1.807, 2.05) is 31.2 Å². The van der Waals surface area contributed by atoms with Crippen molar-refractivity contribution in [1.29, 1.82) is 0 Å². The second kappa shape index (κ2) is 7.49. The van der Waals surface area contributed by atoms with Crippen molar-refractivity contribution in [3.05, 3.63) is 71.3 Å². The van der Waals surface area contributed by atoms with Crippen LogP contribution in [0.15, 0.2) is 48.5 Å². The molecule has 6 nitrogen and oxygen atoms in total. The van der Waals surface area contributed by atoms with E-state index in [1.165, 1.54) is 12.1 Å². The molecule has 27 heavy (non-hydrogen) atoms. The lowest BCUT2D eigenvalue weighted by atomic mass is 10.2. The lowest BCUT2D eigenvalue weighted by Crippen LogP contribution is -2.07. The smallest absolute Gasteiger partial charge is 0.231 e. The fourth-order valence-corrected chi connectivity index (χ4v) is 2.79. The first-order chi connectivity index (χ1) is 13.2. The maximum atomic E-state index is 13.0. The van der Waals surface area contributed by atoms with Gasteiger partial charge in [-0.25, -0.2) is 14.4 Å². The number of benzene rings is 2. The van der Waals surface area contributed by atoms with Gasteiger partial charge >= 0.3 is 0 Å². The second-order valence-electron chi connectivity index (χ2n) is 6.21. The molecule has 0 bridgehead atoms. The Morgan fingerprint density at radius 2 is 1.48 bits per heavy atom. The summed E-state index contributed by atoms with van der Waals surface area (Å²) < 4.78 is 23.7. The predicted molar refractivity (Wildman–Crippen MR) is 100 cm³/mol. The Hall–Kier alpha value is -3.35. The molecule has 4 rings (SSSR count). The molecule has 3 aromatic rings. The van der Waals surface area contributed by atoms with Gasteiger partial charge in [-0.1, -0.05) is 18.2 Å². The Morgan fingerprint density at radius 3 is 2.22 bits per heavy atom. The van der Waals surface area contributed by atoms with Crippen molar-refractivity contribution < 1.29 is 13.9 Å². The molecule has 0 saturated carbocycles. The van der Waals surface area contributed by atoms with Crippen molar-refractivity contribution in [3.63, 3.8) is 0 Å². The molecule has 0 radical (unpaired) electrons. The van der Waals surface area contributed by atoms with Crippen LogP contribution in [0.4, 0.5) is 16.0 Å². The normalized spacial score (nSPS) is 12.1. The molecule has 138 valence electrons. The minimum Gasteiger partial charge on any atom is -0.454 e. The number of rotatable bonds is 6. The Balaban J connectivity index is 1.40. The van der Waals surface area contributed by atoms with Crippen LogP contribution in [0.5, 0.6) is 11.5 Å². The zero-order valence-electron chi connectivity index (χ0n) is 14.8. The molecule has 7 heteroatoms. The summed E-state index contributed by atoms with van der Waals surface area (Å²) in [4.78, 5) is 8.82. The van der Waals surface area contributed by atoms with Gasteiger partial charge in [0.05, 0.1) is 0 Å². The number of nitrogens with one attached hydrogen (secondary N) is 2. The number of halogens is 1. The van der Waals surface area contributed by atoms with E-state index in [0.29, 0.717) is 24.7 Å². The minimum absolute atomic E-state index is 0.244. The molecule has 0 spiro atoms. The molecule has 0 atom stereocenters. The first-order valence-electron chi connectivity index (χ1n) is 8.62. The summed E-state index contributed by atoms with van der Waals surface area (Å²) in [7, 11) is 0. The second-order valence-corrected chi connectivity index (χ2v) is 6.21. The number of fused-ring (bicyclic) bond motifs is 1.